The molecule has 6 nitrogen and oxygen atoms in total. The number of aromatic amines is 1. The lowest BCUT2D eigenvalue weighted by atomic mass is 10.0. The van der Waals surface area contributed by atoms with Gasteiger partial charge in [-0.25, -0.2) is 0 Å². The number of ether oxygens (including phenoxy) is 1. The Labute approximate surface area is 178 Å². The number of anilines is 2. The third-order valence-corrected chi connectivity index (χ3v) is 5.90. The molecular formula is C25H20N4O2. The van der Waals surface area contributed by atoms with Crippen LogP contribution in [-0.4, -0.2) is 22.4 Å². The number of methoxy groups -OCH3 is 1. The van der Waals surface area contributed by atoms with E-state index in [9.17, 15) is 5.11 Å². The third kappa shape index (κ3) is 2.76. The average molecular weight is 408 g/mol. The number of H-pyrrole nitrogens is 1. The Bertz CT molecular complexity index is 1460. The number of fused-ring (bicyclic) bond motifs is 4. The van der Waals surface area contributed by atoms with Gasteiger partial charge in [0.25, 0.3) is 0 Å². The van der Waals surface area contributed by atoms with Crippen molar-refractivity contribution in [2.45, 2.75) is 6.54 Å². The van der Waals surface area contributed by atoms with E-state index in [4.69, 9.17) is 4.74 Å². The first-order chi connectivity index (χ1) is 15.2. The maximum atomic E-state index is 9.87. The van der Waals surface area contributed by atoms with Crippen molar-refractivity contribution < 1.29 is 9.84 Å². The molecule has 0 saturated carbocycles. The van der Waals surface area contributed by atoms with E-state index in [-0.39, 0.29) is 5.75 Å². The molecular weight excluding hydrogens is 388 g/mol. The number of nitrogens with one attached hydrogen (secondary N) is 2. The van der Waals surface area contributed by atoms with Crippen LogP contribution in [0.3, 0.4) is 0 Å². The van der Waals surface area contributed by atoms with Crippen molar-refractivity contribution in [2.24, 2.45) is 0 Å². The molecule has 0 amide bonds. The summed E-state index contributed by atoms with van der Waals surface area (Å²) in [6.07, 6.45) is 0. The number of phenols is 1. The molecule has 5 aromatic rings. The van der Waals surface area contributed by atoms with E-state index >= 15 is 0 Å². The Morgan fingerprint density at radius 1 is 0.935 bits per heavy atom. The first-order valence-corrected chi connectivity index (χ1v) is 10.1. The summed E-state index contributed by atoms with van der Waals surface area (Å²) in [4.78, 5) is 0. The summed E-state index contributed by atoms with van der Waals surface area (Å²) >= 11 is 0. The molecule has 0 spiro atoms. The maximum Gasteiger partial charge on any atom is 0.177 e. The highest BCUT2D eigenvalue weighted by atomic mass is 16.5. The molecule has 0 bridgehead atoms. The largest absolute Gasteiger partial charge is 0.504 e. The Balaban J connectivity index is 1.36. The molecule has 1 aliphatic heterocycles. The molecule has 0 fully saturated rings. The zero-order valence-corrected chi connectivity index (χ0v) is 16.9. The lowest BCUT2D eigenvalue weighted by Gasteiger charge is -2.16. The van der Waals surface area contributed by atoms with Crippen molar-refractivity contribution in [2.75, 3.05) is 17.5 Å². The molecule has 0 atom stereocenters. The van der Waals surface area contributed by atoms with Crippen molar-refractivity contribution in [1.29, 1.82) is 0 Å². The number of hydrogen-bond donors (Lipinski definition) is 3. The quantitative estimate of drug-likeness (QED) is 0.370. The minimum atomic E-state index is 0.128. The highest BCUT2D eigenvalue weighted by Crippen LogP contribution is 2.38. The van der Waals surface area contributed by atoms with Gasteiger partial charge in [0.1, 0.15) is 0 Å². The fourth-order valence-corrected chi connectivity index (χ4v) is 4.30. The lowest BCUT2D eigenvalue weighted by molar-refractivity contribution is 0.373. The Morgan fingerprint density at radius 3 is 2.68 bits per heavy atom. The van der Waals surface area contributed by atoms with Gasteiger partial charge >= 0.3 is 0 Å². The van der Waals surface area contributed by atoms with Gasteiger partial charge in [0.2, 0.25) is 0 Å². The smallest absolute Gasteiger partial charge is 0.177 e. The predicted octanol–water partition coefficient (Wildman–Crippen LogP) is 5.44. The van der Waals surface area contributed by atoms with Gasteiger partial charge in [0.15, 0.2) is 17.3 Å². The summed E-state index contributed by atoms with van der Waals surface area (Å²) in [6.45, 7) is 0.747. The second-order valence-corrected chi connectivity index (χ2v) is 7.71. The van der Waals surface area contributed by atoms with Crippen LogP contribution in [0.25, 0.3) is 32.8 Å². The Kier molecular flexibility index (Phi) is 3.80. The highest BCUT2D eigenvalue weighted by Gasteiger charge is 2.24. The second kappa shape index (κ2) is 6.67. The normalized spacial score (nSPS) is 12.9. The molecule has 3 N–H and O–H groups in total. The summed E-state index contributed by atoms with van der Waals surface area (Å²) in [6, 6.07) is 24.3. The molecule has 31 heavy (non-hydrogen) atoms. The maximum absolute atomic E-state index is 9.87. The zero-order valence-electron chi connectivity index (χ0n) is 16.9. The topological polar surface area (TPSA) is 73.4 Å². The summed E-state index contributed by atoms with van der Waals surface area (Å²) < 4.78 is 5.24. The van der Waals surface area contributed by atoms with Crippen LogP contribution in [0, 0.1) is 0 Å². The Hall–Kier alpha value is -4.19. The molecule has 1 aliphatic rings. The van der Waals surface area contributed by atoms with Crippen LogP contribution < -0.4 is 15.2 Å². The standard InChI is InChI=1S/C25H20N4O2/c1-31-23-13-17(9-11-22(23)30)16-8-10-20-21(12-16)26-27-25(20)29-14-18-7-6-15-4-2-3-5-19(15)24(18)28-29/h2-13,28,30H,14H2,1H3,(H,26,27). The number of benzene rings is 4. The number of hydrogen-bond acceptors (Lipinski definition) is 5. The fourth-order valence-electron chi connectivity index (χ4n) is 4.30. The van der Waals surface area contributed by atoms with Crippen molar-refractivity contribution in [3.63, 3.8) is 0 Å². The first-order valence-electron chi connectivity index (χ1n) is 10.1. The van der Waals surface area contributed by atoms with Crippen molar-refractivity contribution in [3.8, 4) is 22.6 Å². The van der Waals surface area contributed by atoms with Gasteiger partial charge in [-0.15, -0.1) is 0 Å². The van der Waals surface area contributed by atoms with Gasteiger partial charge in [-0.05, 0) is 46.3 Å². The molecule has 0 aliphatic carbocycles. The van der Waals surface area contributed by atoms with E-state index in [1.807, 2.05) is 12.1 Å². The van der Waals surface area contributed by atoms with Gasteiger partial charge < -0.3 is 9.84 Å². The number of aromatic nitrogens is 2. The van der Waals surface area contributed by atoms with E-state index in [2.05, 4.69) is 75.2 Å². The monoisotopic (exact) mass is 408 g/mol. The molecule has 4 aromatic carbocycles. The zero-order chi connectivity index (χ0) is 20.9. The van der Waals surface area contributed by atoms with Crippen LogP contribution >= 0.6 is 0 Å². The summed E-state index contributed by atoms with van der Waals surface area (Å²) in [5, 5.41) is 23.2. The van der Waals surface area contributed by atoms with Crippen molar-refractivity contribution >= 4 is 33.2 Å². The summed E-state index contributed by atoms with van der Waals surface area (Å²) in [7, 11) is 1.55. The third-order valence-electron chi connectivity index (χ3n) is 5.90. The number of rotatable bonds is 3. The van der Waals surface area contributed by atoms with E-state index < -0.39 is 0 Å². The number of nitrogens with zero attached hydrogens (tertiary/aromatic N) is 2. The summed E-state index contributed by atoms with van der Waals surface area (Å²) in [5.41, 5.74) is 8.87. The minimum absolute atomic E-state index is 0.128. The number of aromatic hydroxyl groups is 1. The lowest BCUT2D eigenvalue weighted by Crippen LogP contribution is -2.23. The SMILES string of the molecule is COc1cc(-c2ccc3c(N4Cc5ccc6ccccc6c5N4)n[nH]c3c2)ccc1O. The highest BCUT2D eigenvalue weighted by molar-refractivity contribution is 5.99. The van der Waals surface area contributed by atoms with Crippen LogP contribution in [-0.2, 0) is 6.54 Å². The Morgan fingerprint density at radius 2 is 1.77 bits per heavy atom. The molecule has 152 valence electrons. The molecule has 0 unspecified atom stereocenters. The fraction of sp³-hybridized carbons (Fsp3) is 0.0800. The summed E-state index contributed by atoms with van der Waals surface area (Å²) in [5.74, 6) is 1.45. The molecule has 2 heterocycles. The molecule has 6 heteroatoms. The van der Waals surface area contributed by atoms with Gasteiger partial charge in [0.05, 0.1) is 24.9 Å². The number of phenolic OH excluding ortho intramolecular Hbond substituents is 1. The van der Waals surface area contributed by atoms with Gasteiger partial charge in [-0.3, -0.25) is 15.5 Å². The molecule has 6 rings (SSSR count). The van der Waals surface area contributed by atoms with Crippen molar-refractivity contribution in [1.82, 2.24) is 10.2 Å². The van der Waals surface area contributed by atoms with Crippen LogP contribution in [0.4, 0.5) is 11.5 Å². The average Bonchev–Trinajstić information content (AvgIpc) is 3.43. The van der Waals surface area contributed by atoms with E-state index in [1.54, 1.807) is 13.2 Å². The van der Waals surface area contributed by atoms with E-state index in [0.717, 1.165) is 40.1 Å². The first kappa shape index (κ1) is 17.7. The molecule has 1 aromatic heterocycles. The minimum Gasteiger partial charge on any atom is -0.504 e. The predicted molar refractivity (Wildman–Crippen MR) is 124 cm³/mol. The van der Waals surface area contributed by atoms with E-state index in [0.29, 0.717) is 5.75 Å². The number of hydrazine groups is 1. The van der Waals surface area contributed by atoms with E-state index in [1.165, 1.54) is 16.3 Å². The van der Waals surface area contributed by atoms with Gasteiger partial charge in [-0.2, -0.15) is 5.10 Å². The molecule has 0 radical (unpaired) electrons. The second-order valence-electron chi connectivity index (χ2n) is 7.71. The van der Waals surface area contributed by atoms with Crippen LogP contribution in [0.15, 0.2) is 72.8 Å². The van der Waals surface area contributed by atoms with Crippen LogP contribution in [0.2, 0.25) is 0 Å². The van der Waals surface area contributed by atoms with Gasteiger partial charge in [-0.1, -0.05) is 48.5 Å². The van der Waals surface area contributed by atoms with Crippen LogP contribution in [0.1, 0.15) is 5.56 Å². The van der Waals surface area contributed by atoms with Crippen LogP contribution in [0.5, 0.6) is 11.5 Å². The van der Waals surface area contributed by atoms with Crippen molar-refractivity contribution in [3.05, 3.63) is 78.4 Å². The molecule has 0 saturated heterocycles. The van der Waals surface area contributed by atoms with Gasteiger partial charge in [0, 0.05) is 10.8 Å².